The van der Waals surface area contributed by atoms with Gasteiger partial charge >= 0.3 is 5.97 Å². The maximum Gasteiger partial charge on any atom is 0.309 e. The molecule has 1 N–H and O–H groups in total. The first-order chi connectivity index (χ1) is 15.0. The quantitative estimate of drug-likeness (QED) is 0.656. The predicted molar refractivity (Wildman–Crippen MR) is 119 cm³/mol. The molecule has 1 aliphatic rings. The molecule has 1 aromatic carbocycles. The topological polar surface area (TPSA) is 110 Å². The van der Waals surface area contributed by atoms with Crippen molar-refractivity contribution in [2.45, 2.75) is 44.8 Å². The third kappa shape index (κ3) is 5.49. The molecular weight excluding hydrogens is 437 g/mol. The third-order valence-corrected chi connectivity index (χ3v) is 6.23. The van der Waals surface area contributed by atoms with Crippen molar-refractivity contribution in [3.8, 4) is 11.3 Å². The molecule has 2 aromatic rings. The summed E-state index contributed by atoms with van der Waals surface area (Å²) in [5.74, 6) is -1.02. The molecule has 1 aromatic heterocycles. The maximum absolute atomic E-state index is 13.5. The molecule has 0 saturated carbocycles. The van der Waals surface area contributed by atoms with Crippen LogP contribution in [-0.2, 0) is 19.6 Å². The monoisotopic (exact) mass is 463 g/mol. The van der Waals surface area contributed by atoms with E-state index in [-0.39, 0.29) is 24.7 Å². The van der Waals surface area contributed by atoms with E-state index in [2.05, 4.69) is 9.97 Å². The van der Waals surface area contributed by atoms with Crippen LogP contribution in [0.15, 0.2) is 30.3 Å². The Morgan fingerprint density at radius 3 is 2.47 bits per heavy atom. The van der Waals surface area contributed by atoms with Gasteiger partial charge in [-0.3, -0.25) is 4.79 Å². The van der Waals surface area contributed by atoms with Gasteiger partial charge in [-0.25, -0.2) is 27.1 Å². The van der Waals surface area contributed by atoms with E-state index in [1.54, 1.807) is 24.3 Å². The van der Waals surface area contributed by atoms with Gasteiger partial charge in [0.25, 0.3) is 0 Å². The van der Waals surface area contributed by atoms with E-state index in [0.29, 0.717) is 22.5 Å². The number of aliphatic hydroxyl groups excluding tert-OH is 1. The zero-order chi connectivity index (χ0) is 23.6. The van der Waals surface area contributed by atoms with Crippen LogP contribution >= 0.6 is 0 Å². The number of aliphatic hydroxyl groups is 1. The molecule has 1 aliphatic heterocycles. The van der Waals surface area contributed by atoms with Gasteiger partial charge < -0.3 is 9.84 Å². The van der Waals surface area contributed by atoms with E-state index in [1.807, 2.05) is 13.8 Å². The first-order valence-electron chi connectivity index (χ1n) is 10.1. The fraction of sp³-hybridized carbons (Fsp3) is 0.409. The van der Waals surface area contributed by atoms with Gasteiger partial charge in [0.05, 0.1) is 30.2 Å². The Morgan fingerprint density at radius 2 is 1.91 bits per heavy atom. The number of aromatic nitrogens is 2. The Hall–Kier alpha value is -2.85. The standard InChI is InChI=1S/C22H26FN3O5S/c1-13(2)20-18(10-9-17-11-16(27)12-19(28)31-17)21(14-5-7-15(23)8-6-14)25-22(24-20)26(3)32(4,29)30/h5-10,13,16-17,27H,11-12H2,1-4H3/b10-9+/t16-,17?/m1/s1. The lowest BCUT2D eigenvalue weighted by Gasteiger charge is -2.24. The predicted octanol–water partition coefficient (Wildman–Crippen LogP) is 2.88. The molecule has 0 aliphatic carbocycles. The van der Waals surface area contributed by atoms with Gasteiger partial charge in [0.15, 0.2) is 0 Å². The van der Waals surface area contributed by atoms with Crippen LogP contribution in [0.5, 0.6) is 0 Å². The summed E-state index contributed by atoms with van der Waals surface area (Å²) in [4.78, 5) is 20.6. The normalized spacial score (nSPS) is 19.4. The van der Waals surface area contributed by atoms with Gasteiger partial charge in [-0.2, -0.15) is 0 Å². The summed E-state index contributed by atoms with van der Waals surface area (Å²) in [5.41, 5.74) is 2.14. The van der Waals surface area contributed by atoms with Crippen molar-refractivity contribution >= 4 is 28.0 Å². The summed E-state index contributed by atoms with van der Waals surface area (Å²) in [5, 5.41) is 9.86. The van der Waals surface area contributed by atoms with Crippen LogP contribution in [0.1, 0.15) is 43.9 Å². The Labute approximate surface area is 186 Å². The van der Waals surface area contributed by atoms with Crippen molar-refractivity contribution in [1.82, 2.24) is 9.97 Å². The number of nitrogens with zero attached hydrogens (tertiary/aromatic N) is 3. The third-order valence-electron chi connectivity index (χ3n) is 5.07. The Bertz CT molecular complexity index is 1130. The van der Waals surface area contributed by atoms with E-state index >= 15 is 0 Å². The maximum atomic E-state index is 13.5. The number of halogens is 1. The fourth-order valence-electron chi connectivity index (χ4n) is 3.33. The van der Waals surface area contributed by atoms with E-state index in [1.165, 1.54) is 19.2 Å². The van der Waals surface area contributed by atoms with Gasteiger partial charge in [0.1, 0.15) is 11.9 Å². The van der Waals surface area contributed by atoms with Gasteiger partial charge in [-0.15, -0.1) is 0 Å². The molecule has 2 heterocycles. The summed E-state index contributed by atoms with van der Waals surface area (Å²) in [6.07, 6.45) is 3.23. The van der Waals surface area contributed by atoms with Crippen LogP contribution in [-0.4, -0.2) is 55.0 Å². The molecule has 3 rings (SSSR count). The van der Waals surface area contributed by atoms with E-state index in [9.17, 15) is 22.7 Å². The second-order valence-electron chi connectivity index (χ2n) is 8.04. The number of hydrogen-bond acceptors (Lipinski definition) is 7. The number of carbonyl (C=O) groups is 1. The van der Waals surface area contributed by atoms with Crippen LogP contribution < -0.4 is 4.31 Å². The van der Waals surface area contributed by atoms with Crippen LogP contribution in [0, 0.1) is 5.82 Å². The molecule has 0 radical (unpaired) electrons. The lowest BCUT2D eigenvalue weighted by molar-refractivity contribution is -0.156. The number of sulfonamides is 1. The van der Waals surface area contributed by atoms with Crippen LogP contribution in [0.4, 0.5) is 10.3 Å². The first kappa shape index (κ1) is 23.8. The number of carbonyl (C=O) groups excluding carboxylic acids is 1. The number of hydrogen-bond donors (Lipinski definition) is 1. The number of ether oxygens (including phenoxy) is 1. The average Bonchev–Trinajstić information content (AvgIpc) is 2.70. The van der Waals surface area contributed by atoms with Gasteiger partial charge in [-0.05, 0) is 36.3 Å². The van der Waals surface area contributed by atoms with E-state index < -0.39 is 34.0 Å². The summed E-state index contributed by atoms with van der Waals surface area (Å²) in [7, 11) is -2.25. The average molecular weight is 464 g/mol. The molecule has 0 amide bonds. The number of esters is 1. The largest absolute Gasteiger partial charge is 0.458 e. The second kappa shape index (κ2) is 9.33. The smallest absolute Gasteiger partial charge is 0.309 e. The van der Waals surface area contributed by atoms with E-state index in [0.717, 1.165) is 10.6 Å². The highest BCUT2D eigenvalue weighted by Gasteiger charge is 2.26. The van der Waals surface area contributed by atoms with Crippen molar-refractivity contribution in [2.75, 3.05) is 17.6 Å². The van der Waals surface area contributed by atoms with Crippen LogP contribution in [0.25, 0.3) is 17.3 Å². The van der Waals surface area contributed by atoms with Crippen molar-refractivity contribution in [3.05, 3.63) is 47.4 Å². The van der Waals surface area contributed by atoms with E-state index in [4.69, 9.17) is 4.74 Å². The molecule has 172 valence electrons. The van der Waals surface area contributed by atoms with Crippen molar-refractivity contribution in [2.24, 2.45) is 0 Å². The highest BCUT2D eigenvalue weighted by atomic mass is 32.2. The van der Waals surface area contributed by atoms with Crippen molar-refractivity contribution in [3.63, 3.8) is 0 Å². The fourth-order valence-corrected chi connectivity index (χ4v) is 3.70. The molecule has 1 saturated heterocycles. The van der Waals surface area contributed by atoms with Crippen molar-refractivity contribution in [1.29, 1.82) is 0 Å². The lowest BCUT2D eigenvalue weighted by atomic mass is 9.97. The molecular formula is C22H26FN3O5S. The highest BCUT2D eigenvalue weighted by molar-refractivity contribution is 7.92. The Kier molecular flexibility index (Phi) is 6.94. The lowest BCUT2D eigenvalue weighted by Crippen LogP contribution is -2.31. The minimum absolute atomic E-state index is 0.00723. The minimum atomic E-state index is -3.61. The van der Waals surface area contributed by atoms with Gasteiger partial charge in [0, 0.05) is 24.6 Å². The van der Waals surface area contributed by atoms with Crippen LogP contribution in [0.3, 0.4) is 0 Å². The van der Waals surface area contributed by atoms with Crippen molar-refractivity contribution < 1.29 is 27.4 Å². The number of rotatable bonds is 6. The zero-order valence-corrected chi connectivity index (χ0v) is 19.1. The molecule has 1 unspecified atom stereocenters. The van der Waals surface area contributed by atoms with Gasteiger partial charge in [-0.1, -0.05) is 19.9 Å². The SMILES string of the molecule is CC(C)c1nc(N(C)S(C)(=O)=O)nc(-c2ccc(F)cc2)c1/C=C/C1C[C@@H](O)CC(=O)O1. The highest BCUT2D eigenvalue weighted by Crippen LogP contribution is 2.32. The number of cyclic esters (lactones) is 1. The van der Waals surface area contributed by atoms with Crippen LogP contribution in [0.2, 0.25) is 0 Å². The molecule has 32 heavy (non-hydrogen) atoms. The molecule has 2 atom stereocenters. The summed E-state index contributed by atoms with van der Waals surface area (Å²) in [6.45, 7) is 3.81. The molecule has 8 nitrogen and oxygen atoms in total. The molecule has 0 spiro atoms. The van der Waals surface area contributed by atoms with Gasteiger partial charge in [0.2, 0.25) is 16.0 Å². The summed E-state index contributed by atoms with van der Waals surface area (Å²) < 4.78 is 44.0. The minimum Gasteiger partial charge on any atom is -0.458 e. The second-order valence-corrected chi connectivity index (χ2v) is 10.1. The first-order valence-corrected chi connectivity index (χ1v) is 12.0. The molecule has 10 heteroatoms. The zero-order valence-electron chi connectivity index (χ0n) is 18.3. The number of benzene rings is 1. The Balaban J connectivity index is 2.17. The summed E-state index contributed by atoms with van der Waals surface area (Å²) in [6, 6.07) is 5.68. The Morgan fingerprint density at radius 1 is 1.25 bits per heavy atom. The molecule has 1 fully saturated rings. The summed E-state index contributed by atoms with van der Waals surface area (Å²) >= 11 is 0. The molecule has 0 bridgehead atoms. The number of anilines is 1.